The Morgan fingerprint density at radius 1 is 0.920 bits per heavy atom. The summed E-state index contributed by atoms with van der Waals surface area (Å²) in [7, 11) is -3.68. The standard InChI is InChI=1S/C20H20N2O2S/c1-16-8-10-19(11-9-16)22(15-18-6-4-12-21-14-18)25(23,24)20-7-3-5-17(2)13-20/h3-14H,15H2,1-2H3. The van der Waals surface area contributed by atoms with Crippen molar-refractivity contribution in [1.82, 2.24) is 4.98 Å². The molecule has 3 rings (SSSR count). The highest BCUT2D eigenvalue weighted by Gasteiger charge is 2.25. The lowest BCUT2D eigenvalue weighted by Gasteiger charge is -2.25. The lowest BCUT2D eigenvalue weighted by atomic mass is 10.2. The van der Waals surface area contributed by atoms with Gasteiger partial charge < -0.3 is 0 Å². The van der Waals surface area contributed by atoms with Crippen LogP contribution >= 0.6 is 0 Å². The van der Waals surface area contributed by atoms with Crippen LogP contribution in [0.1, 0.15) is 16.7 Å². The van der Waals surface area contributed by atoms with E-state index in [9.17, 15) is 8.42 Å². The fourth-order valence-corrected chi connectivity index (χ4v) is 4.14. The summed E-state index contributed by atoms with van der Waals surface area (Å²) in [4.78, 5) is 4.38. The van der Waals surface area contributed by atoms with E-state index in [1.165, 1.54) is 4.31 Å². The minimum atomic E-state index is -3.68. The van der Waals surface area contributed by atoms with E-state index in [0.29, 0.717) is 5.69 Å². The van der Waals surface area contributed by atoms with Gasteiger partial charge >= 0.3 is 0 Å². The number of hydrogen-bond donors (Lipinski definition) is 0. The summed E-state index contributed by atoms with van der Waals surface area (Å²) in [6.07, 6.45) is 3.36. The second kappa shape index (κ2) is 7.07. The molecule has 0 unspecified atom stereocenters. The minimum absolute atomic E-state index is 0.229. The van der Waals surface area contributed by atoms with Crippen LogP contribution in [0.2, 0.25) is 0 Å². The SMILES string of the molecule is Cc1ccc(N(Cc2cccnc2)S(=O)(=O)c2cccc(C)c2)cc1. The van der Waals surface area contributed by atoms with Gasteiger partial charge in [-0.25, -0.2) is 8.42 Å². The van der Waals surface area contributed by atoms with Gasteiger partial charge in [0.1, 0.15) is 0 Å². The molecule has 0 aliphatic carbocycles. The molecule has 0 aliphatic heterocycles. The quantitative estimate of drug-likeness (QED) is 0.695. The molecule has 128 valence electrons. The van der Waals surface area contributed by atoms with Crippen LogP contribution in [0.3, 0.4) is 0 Å². The molecular formula is C20H20N2O2S. The highest BCUT2D eigenvalue weighted by molar-refractivity contribution is 7.92. The molecule has 0 fully saturated rings. The Balaban J connectivity index is 2.08. The van der Waals surface area contributed by atoms with Gasteiger partial charge in [-0.05, 0) is 55.3 Å². The van der Waals surface area contributed by atoms with Crippen molar-refractivity contribution in [3.63, 3.8) is 0 Å². The zero-order valence-corrected chi connectivity index (χ0v) is 15.1. The number of benzene rings is 2. The van der Waals surface area contributed by atoms with Gasteiger partial charge in [-0.1, -0.05) is 35.9 Å². The topological polar surface area (TPSA) is 50.3 Å². The normalized spacial score (nSPS) is 11.3. The summed E-state index contributed by atoms with van der Waals surface area (Å²) in [5.74, 6) is 0. The first-order chi connectivity index (χ1) is 12.0. The van der Waals surface area contributed by atoms with E-state index in [0.717, 1.165) is 16.7 Å². The molecule has 25 heavy (non-hydrogen) atoms. The fraction of sp³-hybridized carbons (Fsp3) is 0.150. The lowest BCUT2D eigenvalue weighted by Crippen LogP contribution is -2.30. The van der Waals surface area contributed by atoms with Crippen LogP contribution in [-0.4, -0.2) is 13.4 Å². The first kappa shape index (κ1) is 17.2. The second-order valence-corrected chi connectivity index (χ2v) is 7.89. The Bertz CT molecular complexity index is 953. The van der Waals surface area contributed by atoms with Gasteiger partial charge in [0.15, 0.2) is 0 Å². The number of anilines is 1. The smallest absolute Gasteiger partial charge is 0.264 e. The van der Waals surface area contributed by atoms with E-state index in [1.54, 1.807) is 30.6 Å². The summed E-state index contributed by atoms with van der Waals surface area (Å²) in [6.45, 7) is 4.09. The number of aromatic nitrogens is 1. The molecule has 0 amide bonds. The maximum absolute atomic E-state index is 13.3. The van der Waals surface area contributed by atoms with Gasteiger partial charge in [0.05, 0.1) is 17.1 Å². The van der Waals surface area contributed by atoms with Crippen LogP contribution in [0.15, 0.2) is 78.0 Å². The average Bonchev–Trinajstić information content (AvgIpc) is 2.61. The van der Waals surface area contributed by atoms with Crippen LogP contribution in [-0.2, 0) is 16.6 Å². The van der Waals surface area contributed by atoms with Crippen molar-refractivity contribution in [3.8, 4) is 0 Å². The van der Waals surface area contributed by atoms with E-state index in [2.05, 4.69) is 4.98 Å². The summed E-state index contributed by atoms with van der Waals surface area (Å²) >= 11 is 0. The molecule has 0 atom stereocenters. The van der Waals surface area contributed by atoms with E-state index < -0.39 is 10.0 Å². The van der Waals surface area contributed by atoms with E-state index in [4.69, 9.17) is 0 Å². The van der Waals surface area contributed by atoms with Crippen LogP contribution in [0.4, 0.5) is 5.69 Å². The highest BCUT2D eigenvalue weighted by Crippen LogP contribution is 2.26. The van der Waals surface area contributed by atoms with Crippen molar-refractivity contribution in [1.29, 1.82) is 0 Å². The first-order valence-corrected chi connectivity index (χ1v) is 9.46. The number of nitrogens with zero attached hydrogens (tertiary/aromatic N) is 2. The first-order valence-electron chi connectivity index (χ1n) is 8.02. The Kier molecular flexibility index (Phi) is 4.86. The molecule has 1 heterocycles. The van der Waals surface area contributed by atoms with Gasteiger partial charge in [0.2, 0.25) is 0 Å². The van der Waals surface area contributed by atoms with Crippen molar-refractivity contribution < 1.29 is 8.42 Å². The summed E-state index contributed by atoms with van der Waals surface area (Å²) in [5, 5.41) is 0. The molecule has 0 saturated carbocycles. The van der Waals surface area contributed by atoms with Crippen molar-refractivity contribution in [2.45, 2.75) is 25.3 Å². The average molecular weight is 352 g/mol. The van der Waals surface area contributed by atoms with Crippen LogP contribution in [0.5, 0.6) is 0 Å². The predicted molar refractivity (Wildman–Crippen MR) is 100.0 cm³/mol. The summed E-state index contributed by atoms with van der Waals surface area (Å²) in [5.41, 5.74) is 3.46. The molecule has 1 aromatic heterocycles. The van der Waals surface area contributed by atoms with E-state index >= 15 is 0 Å². The number of aryl methyl sites for hydroxylation is 2. The van der Waals surface area contributed by atoms with E-state index in [-0.39, 0.29) is 11.4 Å². The molecule has 0 saturated heterocycles. The minimum Gasteiger partial charge on any atom is -0.264 e. The maximum Gasteiger partial charge on any atom is 0.264 e. The van der Waals surface area contributed by atoms with Gasteiger partial charge in [-0.15, -0.1) is 0 Å². The third kappa shape index (κ3) is 3.88. The largest absolute Gasteiger partial charge is 0.264 e. The second-order valence-electron chi connectivity index (χ2n) is 6.03. The number of hydrogen-bond acceptors (Lipinski definition) is 3. The van der Waals surface area contributed by atoms with E-state index in [1.807, 2.05) is 56.3 Å². The molecule has 5 heteroatoms. The molecule has 2 aromatic carbocycles. The summed E-state index contributed by atoms with van der Waals surface area (Å²) in [6, 6.07) is 18.1. The highest BCUT2D eigenvalue weighted by atomic mass is 32.2. The van der Waals surface area contributed by atoms with Gasteiger partial charge in [0, 0.05) is 12.4 Å². The Labute approximate surface area is 148 Å². The maximum atomic E-state index is 13.3. The molecular weight excluding hydrogens is 332 g/mol. The Hall–Kier alpha value is -2.66. The van der Waals surface area contributed by atoms with Crippen LogP contribution in [0.25, 0.3) is 0 Å². The number of rotatable bonds is 5. The molecule has 3 aromatic rings. The van der Waals surface area contributed by atoms with Crippen LogP contribution < -0.4 is 4.31 Å². The van der Waals surface area contributed by atoms with Crippen molar-refractivity contribution in [2.75, 3.05) is 4.31 Å². The molecule has 0 aliphatic rings. The van der Waals surface area contributed by atoms with Gasteiger partial charge in [-0.2, -0.15) is 0 Å². The molecule has 4 nitrogen and oxygen atoms in total. The van der Waals surface area contributed by atoms with Crippen molar-refractivity contribution in [3.05, 3.63) is 89.7 Å². The summed E-state index contributed by atoms with van der Waals surface area (Å²) < 4.78 is 28.0. The third-order valence-corrected chi connectivity index (χ3v) is 5.72. The molecule has 0 radical (unpaired) electrons. The fourth-order valence-electron chi connectivity index (χ4n) is 2.59. The van der Waals surface area contributed by atoms with Gasteiger partial charge in [-0.3, -0.25) is 9.29 Å². The van der Waals surface area contributed by atoms with Gasteiger partial charge in [0.25, 0.3) is 10.0 Å². The van der Waals surface area contributed by atoms with Crippen LogP contribution in [0, 0.1) is 13.8 Å². The zero-order chi connectivity index (χ0) is 17.9. The molecule has 0 bridgehead atoms. The van der Waals surface area contributed by atoms with Crippen molar-refractivity contribution >= 4 is 15.7 Å². The Morgan fingerprint density at radius 3 is 2.32 bits per heavy atom. The lowest BCUT2D eigenvalue weighted by molar-refractivity contribution is 0.590. The monoisotopic (exact) mass is 352 g/mol. The zero-order valence-electron chi connectivity index (χ0n) is 14.3. The Morgan fingerprint density at radius 2 is 1.68 bits per heavy atom. The number of pyridine rings is 1. The number of sulfonamides is 1. The molecule has 0 spiro atoms. The van der Waals surface area contributed by atoms with Crippen molar-refractivity contribution in [2.24, 2.45) is 0 Å². The third-order valence-electron chi connectivity index (χ3n) is 3.95. The predicted octanol–water partition coefficient (Wildman–Crippen LogP) is 4.09. The molecule has 0 N–H and O–H groups in total.